The molecule has 0 N–H and O–H groups in total. The summed E-state index contributed by atoms with van der Waals surface area (Å²) < 4.78 is 16.6. The number of hydrogen-bond acceptors (Lipinski definition) is 3. The monoisotopic (exact) mass is 266 g/mol. The van der Waals surface area contributed by atoms with Crippen molar-refractivity contribution in [2.45, 2.75) is 13.0 Å². The van der Waals surface area contributed by atoms with E-state index in [0.717, 1.165) is 12.0 Å². The fourth-order valence-corrected chi connectivity index (χ4v) is 1.25. The fraction of sp³-hybridized carbons (Fsp3) is 0.273. The Kier molecular flexibility index (Phi) is 10.0. The van der Waals surface area contributed by atoms with Crippen LogP contribution in [0.25, 0.3) is 10.4 Å². The number of nitrogens with zero attached hydrogens (tertiary/aromatic N) is 4. The van der Waals surface area contributed by atoms with E-state index < -0.39 is 11.6 Å². The molecule has 0 aromatic heterocycles. The minimum absolute atomic E-state index is 0.638. The van der Waals surface area contributed by atoms with Crippen molar-refractivity contribution in [1.29, 1.82) is 0 Å². The molecule has 0 bridgehead atoms. The van der Waals surface area contributed by atoms with Crippen LogP contribution < -0.4 is 0 Å². The van der Waals surface area contributed by atoms with Gasteiger partial charge in [0.15, 0.2) is 0 Å². The zero-order valence-electron chi connectivity index (χ0n) is 9.81. The zero-order chi connectivity index (χ0) is 13.6. The van der Waals surface area contributed by atoms with Gasteiger partial charge in [-0.15, -0.1) is 12.1 Å². The van der Waals surface area contributed by atoms with Crippen molar-refractivity contribution < 1.29 is 8.42 Å². The summed E-state index contributed by atoms with van der Waals surface area (Å²) in [5.41, 5.74) is 9.54. The topological polar surface area (TPSA) is 86.1 Å². The molecule has 1 rings (SSSR count). The van der Waals surface area contributed by atoms with Crippen molar-refractivity contribution in [1.82, 2.24) is 5.01 Å². The molecule has 0 heterocycles. The van der Waals surface area contributed by atoms with Crippen molar-refractivity contribution in [2.75, 3.05) is 6.54 Å². The zero-order valence-corrected chi connectivity index (χ0v) is 10.6. The average Bonchev–Trinajstić information content (AvgIpc) is 2.38. The highest BCUT2D eigenvalue weighted by Crippen LogP contribution is 2.05. The van der Waals surface area contributed by atoms with Gasteiger partial charge in [-0.25, -0.2) is 5.01 Å². The Hall–Kier alpha value is -2.11. The van der Waals surface area contributed by atoms with E-state index in [1.54, 1.807) is 5.01 Å². The van der Waals surface area contributed by atoms with Crippen LogP contribution in [-0.2, 0) is 18.1 Å². The molecule has 0 saturated heterocycles. The number of azide groups is 1. The van der Waals surface area contributed by atoms with Crippen molar-refractivity contribution in [3.8, 4) is 0 Å². The fourth-order valence-electron chi connectivity index (χ4n) is 1.25. The molecule has 0 unspecified atom stereocenters. The summed E-state index contributed by atoms with van der Waals surface area (Å²) in [6.07, 6.45) is 2.62. The SMILES string of the molecule is C=CCCN(Cc1ccccc1)N=[N+]=[N-].O=S=O. The minimum atomic E-state index is -0.750. The van der Waals surface area contributed by atoms with E-state index in [4.69, 9.17) is 13.9 Å². The van der Waals surface area contributed by atoms with Crippen LogP contribution in [0.5, 0.6) is 0 Å². The van der Waals surface area contributed by atoms with Crippen LogP contribution in [0.2, 0.25) is 0 Å². The number of rotatable bonds is 6. The van der Waals surface area contributed by atoms with Gasteiger partial charge in [0.1, 0.15) is 6.54 Å². The molecule has 0 radical (unpaired) electrons. The van der Waals surface area contributed by atoms with E-state index in [-0.39, 0.29) is 0 Å². The molecule has 0 aliphatic heterocycles. The lowest BCUT2D eigenvalue weighted by atomic mass is 10.2. The van der Waals surface area contributed by atoms with Gasteiger partial charge in [0, 0.05) is 6.42 Å². The van der Waals surface area contributed by atoms with Crippen LogP contribution in [-0.4, -0.2) is 20.0 Å². The van der Waals surface area contributed by atoms with Gasteiger partial charge in [-0.2, -0.15) is 13.3 Å². The molecule has 0 aliphatic carbocycles. The standard InChI is InChI=1S/C11H14N4.O2S/c1-2-3-9-15(14-13-12)10-11-7-5-4-6-8-11;1-3-2/h2,4-8H,1,3,9-10H2;. The molecular formula is C11H14N4O2S. The lowest BCUT2D eigenvalue weighted by Gasteiger charge is -2.12. The van der Waals surface area contributed by atoms with E-state index in [1.807, 2.05) is 36.4 Å². The lowest BCUT2D eigenvalue weighted by molar-refractivity contribution is 0.280. The summed E-state index contributed by atoms with van der Waals surface area (Å²) in [5, 5.41) is 5.31. The summed E-state index contributed by atoms with van der Waals surface area (Å²) in [4.78, 5) is 2.80. The largest absolute Gasteiger partial charge is 0.335 e. The average molecular weight is 266 g/mol. The quantitative estimate of drug-likeness (QED) is 0.261. The van der Waals surface area contributed by atoms with E-state index >= 15 is 0 Å². The van der Waals surface area contributed by atoms with Gasteiger partial charge in [0.25, 0.3) is 0 Å². The Labute approximate surface area is 109 Å². The van der Waals surface area contributed by atoms with Crippen LogP contribution in [0, 0.1) is 0 Å². The molecule has 6 nitrogen and oxygen atoms in total. The molecule has 0 saturated carbocycles. The molecule has 1 aromatic carbocycles. The molecule has 1 aromatic rings. The number of hydrogen-bond donors (Lipinski definition) is 0. The maximum Gasteiger partial charge on any atom is 0.335 e. The Balaban J connectivity index is 0.000000873. The maximum absolute atomic E-state index is 8.40. The molecule has 0 amide bonds. The Morgan fingerprint density at radius 1 is 1.39 bits per heavy atom. The third-order valence-corrected chi connectivity index (χ3v) is 1.97. The van der Waals surface area contributed by atoms with Crippen LogP contribution >= 0.6 is 0 Å². The van der Waals surface area contributed by atoms with Crippen LogP contribution in [0.15, 0.2) is 48.2 Å². The lowest BCUT2D eigenvalue weighted by Crippen LogP contribution is -2.16. The van der Waals surface area contributed by atoms with Crippen molar-refractivity contribution in [3.05, 3.63) is 59.0 Å². The normalized spacial score (nSPS) is 8.22. The van der Waals surface area contributed by atoms with E-state index in [2.05, 4.69) is 16.7 Å². The highest BCUT2D eigenvalue weighted by molar-refractivity contribution is 7.51. The molecule has 7 heteroatoms. The summed E-state index contributed by atoms with van der Waals surface area (Å²) in [7, 11) is 0. The molecule has 0 aliphatic rings. The van der Waals surface area contributed by atoms with Crippen LogP contribution in [0.3, 0.4) is 0 Å². The summed E-state index contributed by atoms with van der Waals surface area (Å²) in [5.74, 6) is 0. The van der Waals surface area contributed by atoms with Gasteiger partial charge in [-0.05, 0) is 10.8 Å². The van der Waals surface area contributed by atoms with Crippen LogP contribution in [0.1, 0.15) is 12.0 Å². The minimum Gasteiger partial charge on any atom is -0.243 e. The van der Waals surface area contributed by atoms with E-state index in [0.29, 0.717) is 13.1 Å². The van der Waals surface area contributed by atoms with Gasteiger partial charge in [0.05, 0.1) is 6.54 Å². The first-order valence-corrected chi connectivity index (χ1v) is 5.81. The van der Waals surface area contributed by atoms with Crippen LogP contribution in [0.4, 0.5) is 0 Å². The Bertz CT molecular complexity index is 426. The highest BCUT2D eigenvalue weighted by Gasteiger charge is 2.03. The smallest absolute Gasteiger partial charge is 0.243 e. The van der Waals surface area contributed by atoms with Gasteiger partial charge < -0.3 is 0 Å². The second-order valence-corrected chi connectivity index (χ2v) is 3.33. The first kappa shape index (κ1) is 15.9. The molecule has 0 atom stereocenters. The van der Waals surface area contributed by atoms with E-state index in [9.17, 15) is 0 Å². The van der Waals surface area contributed by atoms with Crippen molar-refractivity contribution >= 4 is 11.6 Å². The van der Waals surface area contributed by atoms with Crippen molar-refractivity contribution in [2.24, 2.45) is 5.22 Å². The van der Waals surface area contributed by atoms with E-state index in [1.165, 1.54) is 0 Å². The summed E-state index contributed by atoms with van der Waals surface area (Å²) in [6, 6.07) is 9.92. The predicted octanol–water partition coefficient (Wildman–Crippen LogP) is 2.62. The predicted molar refractivity (Wildman–Crippen MR) is 69.7 cm³/mol. The first-order valence-electron chi connectivity index (χ1n) is 5.15. The first-order chi connectivity index (χ1) is 8.78. The summed E-state index contributed by atoms with van der Waals surface area (Å²) >= 11 is -0.750. The third-order valence-electron chi connectivity index (χ3n) is 1.97. The molecular weight excluding hydrogens is 252 g/mol. The number of benzene rings is 1. The maximum atomic E-state index is 8.40. The third kappa shape index (κ3) is 8.09. The van der Waals surface area contributed by atoms with Crippen molar-refractivity contribution in [3.63, 3.8) is 0 Å². The van der Waals surface area contributed by atoms with Gasteiger partial charge >= 0.3 is 11.6 Å². The molecule has 96 valence electrons. The molecule has 0 fully saturated rings. The Morgan fingerprint density at radius 3 is 2.50 bits per heavy atom. The van der Waals surface area contributed by atoms with Gasteiger partial charge in [0.2, 0.25) is 0 Å². The highest BCUT2D eigenvalue weighted by atomic mass is 32.1. The van der Waals surface area contributed by atoms with Gasteiger partial charge in [-0.3, -0.25) is 0 Å². The second kappa shape index (κ2) is 11.4. The Morgan fingerprint density at radius 2 is 2.00 bits per heavy atom. The summed E-state index contributed by atoms with van der Waals surface area (Å²) in [6.45, 7) is 4.97. The second-order valence-electron chi connectivity index (χ2n) is 3.20. The molecule has 18 heavy (non-hydrogen) atoms. The molecule has 0 spiro atoms. The van der Waals surface area contributed by atoms with Gasteiger partial charge in [-0.1, -0.05) is 36.4 Å².